The fourth-order valence-corrected chi connectivity index (χ4v) is 4.50. The van der Waals surface area contributed by atoms with Crippen molar-refractivity contribution in [2.24, 2.45) is 5.92 Å². The molecule has 0 unspecified atom stereocenters. The molecule has 0 radical (unpaired) electrons. The van der Waals surface area contributed by atoms with E-state index < -0.39 is 6.10 Å². The van der Waals surface area contributed by atoms with E-state index in [1.165, 1.54) is 4.88 Å². The number of benzene rings is 1. The van der Waals surface area contributed by atoms with E-state index in [2.05, 4.69) is 18.3 Å². The van der Waals surface area contributed by atoms with Crippen LogP contribution in [0.4, 0.5) is 5.00 Å². The summed E-state index contributed by atoms with van der Waals surface area (Å²) in [5.74, 6) is 1.10. The Kier molecular flexibility index (Phi) is 5.40. The zero-order chi connectivity index (χ0) is 17.8. The molecule has 1 N–H and O–H groups in total. The van der Waals surface area contributed by atoms with E-state index >= 15 is 0 Å². The van der Waals surface area contributed by atoms with Gasteiger partial charge in [-0.1, -0.05) is 32.0 Å². The van der Waals surface area contributed by atoms with Crippen molar-refractivity contribution in [3.63, 3.8) is 0 Å². The van der Waals surface area contributed by atoms with Crippen molar-refractivity contribution in [2.75, 3.05) is 5.32 Å². The van der Waals surface area contributed by atoms with E-state index in [1.807, 2.05) is 37.3 Å². The Labute approximate surface area is 152 Å². The van der Waals surface area contributed by atoms with Gasteiger partial charge in [-0.15, -0.1) is 11.3 Å². The highest BCUT2D eigenvalue weighted by Gasteiger charge is 2.26. The van der Waals surface area contributed by atoms with Gasteiger partial charge in [0.2, 0.25) is 0 Å². The van der Waals surface area contributed by atoms with Crippen molar-refractivity contribution < 1.29 is 9.53 Å². The number of carbonyl (C=O) groups excluding carboxylic acids is 1. The van der Waals surface area contributed by atoms with Crippen LogP contribution in [0.15, 0.2) is 30.3 Å². The lowest BCUT2D eigenvalue weighted by atomic mass is 9.88. The number of thiophene rings is 1. The predicted molar refractivity (Wildman–Crippen MR) is 100 cm³/mol. The Balaban J connectivity index is 1.77. The van der Waals surface area contributed by atoms with Crippen LogP contribution >= 0.6 is 11.3 Å². The standard InChI is InChI=1S/C20H22N2O2S/c1-3-17(24-14-7-5-4-6-8-14)19(23)22-20-16(12-21)15-10-9-13(2)11-18(15)25-20/h4-8,13,17H,3,9-11H2,1-2H3,(H,22,23)/t13-,17+/m0/s1. The second kappa shape index (κ2) is 7.71. The summed E-state index contributed by atoms with van der Waals surface area (Å²) < 4.78 is 5.80. The maximum atomic E-state index is 12.7. The minimum atomic E-state index is -0.577. The van der Waals surface area contributed by atoms with Gasteiger partial charge in [-0.05, 0) is 49.3 Å². The van der Waals surface area contributed by atoms with Crippen LogP contribution in [0.2, 0.25) is 0 Å². The zero-order valence-corrected chi connectivity index (χ0v) is 15.4. The SMILES string of the molecule is CC[C@@H](Oc1ccccc1)C(=O)Nc1sc2c(c1C#N)CC[C@H](C)C2. The number of nitrogens with one attached hydrogen (secondary N) is 1. The van der Waals surface area contributed by atoms with Crippen LogP contribution in [0.1, 0.15) is 42.7 Å². The number of carbonyl (C=O) groups is 1. The third kappa shape index (κ3) is 3.85. The van der Waals surface area contributed by atoms with Crippen LogP contribution in [0.25, 0.3) is 0 Å². The van der Waals surface area contributed by atoms with Gasteiger partial charge < -0.3 is 10.1 Å². The highest BCUT2D eigenvalue weighted by molar-refractivity contribution is 7.16. The third-order valence-electron chi connectivity index (χ3n) is 4.54. The summed E-state index contributed by atoms with van der Waals surface area (Å²) in [5, 5.41) is 13.2. The van der Waals surface area contributed by atoms with Gasteiger partial charge in [0.15, 0.2) is 6.10 Å². The fourth-order valence-electron chi connectivity index (χ4n) is 3.14. The van der Waals surface area contributed by atoms with E-state index in [4.69, 9.17) is 4.74 Å². The highest BCUT2D eigenvalue weighted by Crippen LogP contribution is 2.39. The third-order valence-corrected chi connectivity index (χ3v) is 5.71. The number of nitriles is 1. The van der Waals surface area contributed by atoms with Gasteiger partial charge in [0, 0.05) is 4.88 Å². The van der Waals surface area contributed by atoms with Crippen molar-refractivity contribution in [2.45, 2.75) is 45.6 Å². The lowest BCUT2D eigenvalue weighted by Gasteiger charge is -2.17. The zero-order valence-electron chi connectivity index (χ0n) is 14.5. The first-order valence-corrected chi connectivity index (χ1v) is 9.51. The normalized spacial score (nSPS) is 17.2. The lowest BCUT2D eigenvalue weighted by Crippen LogP contribution is -2.32. The molecule has 25 heavy (non-hydrogen) atoms. The Bertz CT molecular complexity index is 792. The molecule has 0 bridgehead atoms. The molecular weight excluding hydrogens is 332 g/mol. The fraction of sp³-hybridized carbons (Fsp3) is 0.400. The minimum absolute atomic E-state index is 0.200. The second-order valence-electron chi connectivity index (χ2n) is 6.48. The van der Waals surface area contributed by atoms with E-state index in [9.17, 15) is 10.1 Å². The van der Waals surface area contributed by atoms with Gasteiger partial charge in [0.25, 0.3) is 5.91 Å². The summed E-state index contributed by atoms with van der Waals surface area (Å²) in [6.45, 7) is 4.15. The minimum Gasteiger partial charge on any atom is -0.481 e. The number of amides is 1. The molecule has 130 valence electrons. The first kappa shape index (κ1) is 17.5. The largest absolute Gasteiger partial charge is 0.481 e. The van der Waals surface area contributed by atoms with Gasteiger partial charge in [0.1, 0.15) is 16.8 Å². The summed E-state index contributed by atoms with van der Waals surface area (Å²) in [7, 11) is 0. The topological polar surface area (TPSA) is 62.1 Å². The Morgan fingerprint density at radius 1 is 1.44 bits per heavy atom. The first-order valence-electron chi connectivity index (χ1n) is 8.69. The first-order chi connectivity index (χ1) is 12.1. The van der Waals surface area contributed by atoms with Crippen molar-refractivity contribution in [3.05, 3.63) is 46.3 Å². The molecular formula is C20H22N2O2S. The average Bonchev–Trinajstić information content (AvgIpc) is 2.96. The molecule has 0 saturated carbocycles. The van der Waals surface area contributed by atoms with Crippen molar-refractivity contribution in [1.82, 2.24) is 0 Å². The van der Waals surface area contributed by atoms with E-state index in [0.29, 0.717) is 28.7 Å². The van der Waals surface area contributed by atoms with Crippen LogP contribution < -0.4 is 10.1 Å². The molecule has 1 aromatic heterocycles. The Hall–Kier alpha value is -2.32. The summed E-state index contributed by atoms with van der Waals surface area (Å²) in [5.41, 5.74) is 1.76. The van der Waals surface area contributed by atoms with Gasteiger partial charge in [-0.25, -0.2) is 0 Å². The molecule has 1 aliphatic carbocycles. The van der Waals surface area contributed by atoms with E-state index in [0.717, 1.165) is 24.8 Å². The Morgan fingerprint density at radius 2 is 2.20 bits per heavy atom. The lowest BCUT2D eigenvalue weighted by molar-refractivity contribution is -0.122. The molecule has 1 amide bonds. The monoisotopic (exact) mass is 354 g/mol. The second-order valence-corrected chi connectivity index (χ2v) is 7.59. The average molecular weight is 354 g/mol. The molecule has 0 saturated heterocycles. The molecule has 0 aliphatic heterocycles. The smallest absolute Gasteiger partial charge is 0.266 e. The van der Waals surface area contributed by atoms with Gasteiger partial charge in [0.05, 0.1) is 5.56 Å². The Morgan fingerprint density at radius 3 is 2.88 bits per heavy atom. The van der Waals surface area contributed by atoms with Gasteiger partial charge in [-0.3, -0.25) is 4.79 Å². The van der Waals surface area contributed by atoms with Crippen molar-refractivity contribution in [1.29, 1.82) is 5.26 Å². The highest BCUT2D eigenvalue weighted by atomic mass is 32.1. The van der Waals surface area contributed by atoms with E-state index in [1.54, 1.807) is 11.3 Å². The maximum absolute atomic E-state index is 12.7. The number of para-hydroxylation sites is 1. The summed E-state index contributed by atoms with van der Waals surface area (Å²) in [6.07, 6.45) is 2.99. The van der Waals surface area contributed by atoms with Gasteiger partial charge >= 0.3 is 0 Å². The number of hydrogen-bond acceptors (Lipinski definition) is 4. The number of hydrogen-bond donors (Lipinski definition) is 1. The van der Waals surface area contributed by atoms with Crippen LogP contribution in [-0.4, -0.2) is 12.0 Å². The molecule has 1 aliphatic rings. The van der Waals surface area contributed by atoms with Crippen molar-refractivity contribution >= 4 is 22.2 Å². The molecule has 3 rings (SSSR count). The molecule has 5 heteroatoms. The number of ether oxygens (including phenoxy) is 1. The summed E-state index contributed by atoms with van der Waals surface area (Å²) in [4.78, 5) is 13.9. The van der Waals surface area contributed by atoms with Crippen LogP contribution in [-0.2, 0) is 17.6 Å². The molecule has 2 atom stereocenters. The van der Waals surface area contributed by atoms with Crippen molar-refractivity contribution in [3.8, 4) is 11.8 Å². The predicted octanol–water partition coefficient (Wildman–Crippen LogP) is 4.54. The van der Waals surface area contributed by atoms with Crippen LogP contribution in [0.5, 0.6) is 5.75 Å². The summed E-state index contributed by atoms with van der Waals surface area (Å²) in [6, 6.07) is 11.6. The van der Waals surface area contributed by atoms with Crippen LogP contribution in [0, 0.1) is 17.2 Å². The molecule has 2 aromatic rings. The van der Waals surface area contributed by atoms with E-state index in [-0.39, 0.29) is 5.91 Å². The maximum Gasteiger partial charge on any atom is 0.266 e. The molecule has 1 aromatic carbocycles. The number of fused-ring (bicyclic) bond motifs is 1. The summed E-state index contributed by atoms with van der Waals surface area (Å²) >= 11 is 1.54. The quantitative estimate of drug-likeness (QED) is 0.857. The number of nitrogens with zero attached hydrogens (tertiary/aromatic N) is 1. The number of rotatable bonds is 5. The molecule has 0 fully saturated rings. The van der Waals surface area contributed by atoms with Gasteiger partial charge in [-0.2, -0.15) is 5.26 Å². The van der Waals surface area contributed by atoms with Crippen LogP contribution in [0.3, 0.4) is 0 Å². The number of anilines is 1. The molecule has 1 heterocycles. The molecule has 4 nitrogen and oxygen atoms in total. The molecule has 0 spiro atoms.